The molecular formula is C37H36ClN3O4. The predicted molar refractivity (Wildman–Crippen MR) is 178 cm³/mol. The van der Waals surface area contributed by atoms with Crippen molar-refractivity contribution in [1.29, 1.82) is 0 Å². The molecule has 0 saturated heterocycles. The number of ketones is 1. The van der Waals surface area contributed by atoms with Gasteiger partial charge in [-0.15, -0.1) is 0 Å². The third kappa shape index (κ3) is 6.09. The van der Waals surface area contributed by atoms with Crippen LogP contribution < -0.4 is 4.90 Å². The number of carbonyl (C=O) groups is 3. The normalized spacial score (nSPS) is 18.4. The number of pyridine rings is 1. The Morgan fingerprint density at radius 2 is 1.76 bits per heavy atom. The molecule has 7 nitrogen and oxygen atoms in total. The maximum Gasteiger partial charge on any atom is 0.419 e. The number of benzene rings is 3. The van der Waals surface area contributed by atoms with Crippen LogP contribution >= 0.6 is 11.6 Å². The Morgan fingerprint density at radius 3 is 2.49 bits per heavy atom. The Labute approximate surface area is 267 Å². The van der Waals surface area contributed by atoms with E-state index in [2.05, 4.69) is 20.8 Å². The maximum atomic E-state index is 13.7. The van der Waals surface area contributed by atoms with Crippen LogP contribution in [-0.4, -0.2) is 32.4 Å². The largest absolute Gasteiger partial charge is 0.464 e. The minimum Gasteiger partial charge on any atom is -0.464 e. The molecule has 2 heterocycles. The molecule has 3 atom stereocenters. The van der Waals surface area contributed by atoms with E-state index >= 15 is 0 Å². The molecule has 0 spiro atoms. The van der Waals surface area contributed by atoms with Gasteiger partial charge in [0.1, 0.15) is 0 Å². The summed E-state index contributed by atoms with van der Waals surface area (Å²) in [6.07, 6.45) is 3.60. The van der Waals surface area contributed by atoms with E-state index in [0.29, 0.717) is 50.9 Å². The van der Waals surface area contributed by atoms with E-state index in [0.717, 1.165) is 28.7 Å². The quantitative estimate of drug-likeness (QED) is 0.145. The third-order valence-corrected chi connectivity index (χ3v) is 9.49. The first kappa shape index (κ1) is 30.5. The van der Waals surface area contributed by atoms with Crippen molar-refractivity contribution in [2.45, 2.75) is 52.5 Å². The first-order valence-electron chi connectivity index (χ1n) is 15.5. The molecule has 1 saturated carbocycles. The smallest absolute Gasteiger partial charge is 0.419 e. The minimum atomic E-state index is -1.53. The number of rotatable bonds is 7. The van der Waals surface area contributed by atoms with Crippen molar-refractivity contribution in [1.82, 2.24) is 9.55 Å². The molecule has 6 rings (SSSR count). The van der Waals surface area contributed by atoms with Crippen LogP contribution in [0.2, 0.25) is 5.02 Å². The summed E-state index contributed by atoms with van der Waals surface area (Å²) in [4.78, 5) is 45.3. The number of amides is 2. The van der Waals surface area contributed by atoms with Gasteiger partial charge in [0.2, 0.25) is 0 Å². The van der Waals surface area contributed by atoms with Crippen LogP contribution in [0, 0.1) is 17.8 Å². The van der Waals surface area contributed by atoms with Gasteiger partial charge in [0, 0.05) is 45.7 Å². The first-order chi connectivity index (χ1) is 21.6. The fourth-order valence-electron chi connectivity index (χ4n) is 6.89. The summed E-state index contributed by atoms with van der Waals surface area (Å²) >= 11 is 6.04. The lowest BCUT2D eigenvalue weighted by atomic mass is 9.69. The van der Waals surface area contributed by atoms with Crippen molar-refractivity contribution in [2.75, 3.05) is 4.90 Å². The van der Waals surface area contributed by atoms with Gasteiger partial charge >= 0.3 is 12.0 Å². The van der Waals surface area contributed by atoms with Gasteiger partial charge in [-0.05, 0) is 78.6 Å². The fraction of sp³-hybridized carbons (Fsp3) is 0.297. The number of hydrogen-bond donors (Lipinski definition) is 1. The zero-order chi connectivity index (χ0) is 31.8. The molecule has 0 radical (unpaired) electrons. The molecule has 2 aromatic heterocycles. The lowest BCUT2D eigenvalue weighted by Crippen LogP contribution is -2.40. The Bertz CT molecular complexity index is 1910. The molecule has 0 bridgehead atoms. The Balaban J connectivity index is 1.30. The summed E-state index contributed by atoms with van der Waals surface area (Å²) in [6, 6.07) is 23.5. The van der Waals surface area contributed by atoms with Crippen molar-refractivity contribution >= 4 is 56.9 Å². The van der Waals surface area contributed by atoms with Gasteiger partial charge in [0.15, 0.2) is 0 Å². The van der Waals surface area contributed by atoms with E-state index in [9.17, 15) is 19.5 Å². The summed E-state index contributed by atoms with van der Waals surface area (Å²) < 4.78 is 1.88. The van der Waals surface area contributed by atoms with E-state index < -0.39 is 17.8 Å². The first-order valence-corrected chi connectivity index (χ1v) is 15.8. The predicted octanol–water partition coefficient (Wildman–Crippen LogP) is 8.96. The summed E-state index contributed by atoms with van der Waals surface area (Å²) in [5, 5.41) is 12.0. The average molecular weight is 622 g/mol. The molecule has 8 heteroatoms. The molecule has 3 aromatic carbocycles. The number of carbonyl (C=O) groups excluding carboxylic acids is 2. The lowest BCUT2D eigenvalue weighted by molar-refractivity contribution is -0.114. The molecule has 1 N–H and O–H groups in total. The van der Waals surface area contributed by atoms with Gasteiger partial charge in [0.25, 0.3) is 5.78 Å². The van der Waals surface area contributed by atoms with Crippen LogP contribution in [0.5, 0.6) is 0 Å². The standard InChI is InChI=1S/C37H36ClN3O4/c1-22(2)28-15-8-23(3)18-30(28)33-16-11-25-19-27(14-17-32(25)39-33)41(37(44)45)36(43)35(42)31-21-40(34-7-5-4-6-29(31)34)20-24-9-12-26(38)13-10-24/h4-7,9-14,16-17,19,21-23,28,30H,8,15,18,20H2,1-3H3,(H,44,45)/t23-,28+,30-/m1/s1. The van der Waals surface area contributed by atoms with Crippen molar-refractivity contribution in [3.8, 4) is 0 Å². The number of Topliss-reactive ketones (excluding diaryl/α,β-unsaturated/α-hetero) is 1. The zero-order valence-electron chi connectivity index (χ0n) is 25.6. The average Bonchev–Trinajstić information content (AvgIpc) is 3.39. The number of nitrogens with zero attached hydrogens (tertiary/aromatic N) is 3. The SMILES string of the molecule is CC(C)[C@@H]1CC[C@@H](C)C[C@H]1c1ccc2cc(N(C(=O)O)C(=O)C(=O)c3cn(Cc4ccc(Cl)cc4)c4ccccc34)ccc2n1. The van der Waals surface area contributed by atoms with Crippen molar-refractivity contribution < 1.29 is 19.5 Å². The second-order valence-electron chi connectivity index (χ2n) is 12.6. The summed E-state index contributed by atoms with van der Waals surface area (Å²) in [5.74, 6) is 0.0912. The second kappa shape index (κ2) is 12.5. The topological polar surface area (TPSA) is 92.5 Å². The lowest BCUT2D eigenvalue weighted by Gasteiger charge is -2.37. The van der Waals surface area contributed by atoms with Crippen molar-refractivity contribution in [2.24, 2.45) is 17.8 Å². The van der Waals surface area contributed by atoms with Gasteiger partial charge < -0.3 is 9.67 Å². The number of fused-ring (bicyclic) bond motifs is 2. The maximum absolute atomic E-state index is 13.7. The molecule has 5 aromatic rings. The Morgan fingerprint density at radius 1 is 1.00 bits per heavy atom. The van der Waals surface area contributed by atoms with E-state index in [-0.39, 0.29) is 11.3 Å². The van der Waals surface area contributed by atoms with Gasteiger partial charge in [-0.3, -0.25) is 14.6 Å². The van der Waals surface area contributed by atoms with Gasteiger partial charge in [-0.25, -0.2) is 9.69 Å². The summed E-state index contributed by atoms with van der Waals surface area (Å²) in [5.41, 5.74) is 3.74. The van der Waals surface area contributed by atoms with Gasteiger partial charge in [0.05, 0.1) is 16.8 Å². The van der Waals surface area contributed by atoms with Crippen LogP contribution in [0.25, 0.3) is 21.8 Å². The molecular weight excluding hydrogens is 586 g/mol. The monoisotopic (exact) mass is 621 g/mol. The second-order valence-corrected chi connectivity index (χ2v) is 13.0. The fourth-order valence-corrected chi connectivity index (χ4v) is 7.02. The number of para-hydroxylation sites is 1. The van der Waals surface area contributed by atoms with Gasteiger partial charge in [-0.2, -0.15) is 0 Å². The Kier molecular flexibility index (Phi) is 8.47. The van der Waals surface area contributed by atoms with E-state index in [1.165, 1.54) is 12.8 Å². The highest BCUT2D eigenvalue weighted by molar-refractivity contribution is 6.52. The number of imide groups is 1. The number of hydrogen-bond acceptors (Lipinski definition) is 4. The molecule has 2 amide bonds. The molecule has 0 unspecified atom stereocenters. The summed E-state index contributed by atoms with van der Waals surface area (Å²) in [6.45, 7) is 7.29. The van der Waals surface area contributed by atoms with E-state index in [1.807, 2.05) is 41.0 Å². The highest BCUT2D eigenvalue weighted by atomic mass is 35.5. The third-order valence-electron chi connectivity index (χ3n) is 9.24. The number of anilines is 1. The molecule has 1 aliphatic carbocycles. The van der Waals surface area contributed by atoms with E-state index in [4.69, 9.17) is 16.6 Å². The molecule has 230 valence electrons. The van der Waals surface area contributed by atoms with E-state index in [1.54, 1.807) is 48.7 Å². The van der Waals surface area contributed by atoms with Crippen LogP contribution in [0.4, 0.5) is 10.5 Å². The highest BCUT2D eigenvalue weighted by Crippen LogP contribution is 2.43. The van der Waals surface area contributed by atoms with Crippen LogP contribution in [-0.2, 0) is 11.3 Å². The molecule has 45 heavy (non-hydrogen) atoms. The van der Waals surface area contributed by atoms with Gasteiger partial charge in [-0.1, -0.05) is 75.2 Å². The van der Waals surface area contributed by atoms with Crippen molar-refractivity contribution in [3.63, 3.8) is 0 Å². The number of halogens is 1. The van der Waals surface area contributed by atoms with Crippen molar-refractivity contribution in [3.05, 3.63) is 107 Å². The number of carboxylic acid groups (broad SMARTS) is 1. The van der Waals surface area contributed by atoms with Crippen LogP contribution in [0.1, 0.15) is 67.6 Å². The molecule has 0 aliphatic heterocycles. The summed E-state index contributed by atoms with van der Waals surface area (Å²) in [7, 11) is 0. The zero-order valence-corrected chi connectivity index (χ0v) is 26.4. The van der Waals surface area contributed by atoms with Crippen LogP contribution in [0.3, 0.4) is 0 Å². The minimum absolute atomic E-state index is 0.0964. The molecule has 1 fully saturated rings. The Hall–Kier alpha value is -4.49. The molecule has 1 aliphatic rings. The van der Waals surface area contributed by atoms with Crippen LogP contribution in [0.15, 0.2) is 85.1 Å². The highest BCUT2D eigenvalue weighted by Gasteiger charge is 2.34. The number of aromatic nitrogens is 2.